The largest absolute Gasteiger partial charge is 0.383 e. The van der Waals surface area contributed by atoms with Crippen LogP contribution in [0.2, 0.25) is 0 Å². The van der Waals surface area contributed by atoms with E-state index >= 15 is 0 Å². The van der Waals surface area contributed by atoms with Gasteiger partial charge in [-0.25, -0.2) is 0 Å². The molecule has 1 saturated heterocycles. The molecule has 0 aromatic carbocycles. The van der Waals surface area contributed by atoms with E-state index < -0.39 is 0 Å². The van der Waals surface area contributed by atoms with Gasteiger partial charge < -0.3 is 4.74 Å². The third-order valence-corrected chi connectivity index (χ3v) is 2.68. The Bertz CT molecular complexity index is 125. The summed E-state index contributed by atoms with van der Waals surface area (Å²) in [6, 6.07) is 1.44. The van der Waals surface area contributed by atoms with Gasteiger partial charge in [-0.2, -0.15) is 0 Å². The number of nitrogens with zero attached hydrogens (tertiary/aromatic N) is 1. The predicted octanol–water partition coefficient (Wildman–Crippen LogP) is 2.92. The third kappa shape index (κ3) is 4.43. The standard InChI is InChI=1S/C9H19NO.C3H8/c1-4-10-8(2)5-6-9(10)7-11-3;1-3-2/h8-9H,4-7H2,1-3H3;3H2,1-2H3/t8-,9?;/m1./s1. The van der Waals surface area contributed by atoms with Crippen LogP contribution in [0.15, 0.2) is 0 Å². The molecule has 0 spiro atoms. The van der Waals surface area contributed by atoms with Crippen LogP contribution in [-0.2, 0) is 4.74 Å². The number of hydrogen-bond donors (Lipinski definition) is 0. The lowest BCUT2D eigenvalue weighted by Gasteiger charge is -2.25. The minimum Gasteiger partial charge on any atom is -0.383 e. The first kappa shape index (κ1) is 13.9. The zero-order chi connectivity index (χ0) is 11.0. The molecule has 0 bridgehead atoms. The molecule has 0 radical (unpaired) electrons. The van der Waals surface area contributed by atoms with Crippen molar-refractivity contribution in [1.82, 2.24) is 4.90 Å². The van der Waals surface area contributed by atoms with Gasteiger partial charge in [-0.1, -0.05) is 27.2 Å². The molecule has 1 aliphatic rings. The number of ether oxygens (including phenoxy) is 1. The van der Waals surface area contributed by atoms with Crippen molar-refractivity contribution >= 4 is 0 Å². The molecule has 0 N–H and O–H groups in total. The number of likely N-dealkylation sites (tertiary alicyclic amines) is 1. The van der Waals surface area contributed by atoms with Gasteiger partial charge in [0.2, 0.25) is 0 Å². The van der Waals surface area contributed by atoms with Gasteiger partial charge in [0, 0.05) is 19.2 Å². The van der Waals surface area contributed by atoms with Crippen molar-refractivity contribution in [3.8, 4) is 0 Å². The lowest BCUT2D eigenvalue weighted by atomic mass is 10.2. The van der Waals surface area contributed by atoms with Crippen LogP contribution in [-0.4, -0.2) is 37.2 Å². The monoisotopic (exact) mass is 201 g/mol. The van der Waals surface area contributed by atoms with Crippen LogP contribution in [0, 0.1) is 0 Å². The van der Waals surface area contributed by atoms with Crippen molar-refractivity contribution in [2.75, 3.05) is 20.3 Å². The van der Waals surface area contributed by atoms with E-state index in [-0.39, 0.29) is 0 Å². The molecule has 0 saturated carbocycles. The second kappa shape index (κ2) is 8.25. The van der Waals surface area contributed by atoms with Crippen LogP contribution in [0.25, 0.3) is 0 Å². The van der Waals surface area contributed by atoms with Crippen LogP contribution < -0.4 is 0 Å². The fourth-order valence-corrected chi connectivity index (χ4v) is 2.07. The molecule has 0 aromatic heterocycles. The molecule has 86 valence electrons. The van der Waals surface area contributed by atoms with Crippen molar-refractivity contribution in [3.05, 3.63) is 0 Å². The van der Waals surface area contributed by atoms with E-state index in [1.54, 1.807) is 7.11 Å². The van der Waals surface area contributed by atoms with E-state index in [1.165, 1.54) is 19.3 Å². The summed E-state index contributed by atoms with van der Waals surface area (Å²) in [7, 11) is 1.79. The van der Waals surface area contributed by atoms with Crippen LogP contribution in [0.3, 0.4) is 0 Å². The molecular weight excluding hydrogens is 174 g/mol. The second-order valence-electron chi connectivity index (χ2n) is 4.07. The Kier molecular flexibility index (Phi) is 8.20. The molecule has 1 fully saturated rings. The minimum absolute atomic E-state index is 0.681. The third-order valence-electron chi connectivity index (χ3n) is 2.68. The van der Waals surface area contributed by atoms with Gasteiger partial charge in [-0.3, -0.25) is 4.90 Å². The summed E-state index contributed by atoms with van der Waals surface area (Å²) in [5.41, 5.74) is 0. The molecule has 2 atom stereocenters. The van der Waals surface area contributed by atoms with Crippen molar-refractivity contribution in [1.29, 1.82) is 0 Å². The van der Waals surface area contributed by atoms with Crippen molar-refractivity contribution in [2.45, 2.75) is 59.0 Å². The Hall–Kier alpha value is -0.0800. The first-order valence-electron chi connectivity index (χ1n) is 5.95. The lowest BCUT2D eigenvalue weighted by molar-refractivity contribution is 0.104. The smallest absolute Gasteiger partial charge is 0.0618 e. The first-order chi connectivity index (χ1) is 6.71. The summed E-state index contributed by atoms with van der Waals surface area (Å²) < 4.78 is 5.16. The van der Waals surface area contributed by atoms with E-state index in [2.05, 4.69) is 32.6 Å². The average Bonchev–Trinajstić information content (AvgIpc) is 2.49. The summed E-state index contributed by atoms with van der Waals surface area (Å²) in [5, 5.41) is 0. The van der Waals surface area contributed by atoms with Crippen LogP contribution in [0.4, 0.5) is 0 Å². The van der Waals surface area contributed by atoms with Crippen molar-refractivity contribution < 1.29 is 4.74 Å². The van der Waals surface area contributed by atoms with E-state index in [1.807, 2.05) is 0 Å². The van der Waals surface area contributed by atoms with Crippen LogP contribution >= 0.6 is 0 Å². The van der Waals surface area contributed by atoms with Gasteiger partial charge >= 0.3 is 0 Å². The number of methoxy groups -OCH3 is 1. The fourth-order valence-electron chi connectivity index (χ4n) is 2.07. The summed E-state index contributed by atoms with van der Waals surface area (Å²) in [5.74, 6) is 0. The van der Waals surface area contributed by atoms with E-state index in [0.29, 0.717) is 6.04 Å². The Morgan fingerprint density at radius 2 is 1.79 bits per heavy atom. The van der Waals surface area contributed by atoms with Gasteiger partial charge in [0.1, 0.15) is 0 Å². The van der Waals surface area contributed by atoms with Crippen molar-refractivity contribution in [2.24, 2.45) is 0 Å². The highest BCUT2D eigenvalue weighted by Gasteiger charge is 2.28. The predicted molar refractivity (Wildman–Crippen MR) is 62.7 cm³/mol. The molecule has 0 aromatic rings. The summed E-state index contributed by atoms with van der Waals surface area (Å²) >= 11 is 0. The Labute approximate surface area is 89.6 Å². The number of likely N-dealkylation sites (N-methyl/N-ethyl adjacent to an activating group) is 1. The molecule has 14 heavy (non-hydrogen) atoms. The molecule has 1 rings (SSSR count). The molecule has 2 heteroatoms. The Morgan fingerprint density at radius 3 is 2.21 bits per heavy atom. The summed E-state index contributed by atoms with van der Waals surface area (Å²) in [6.07, 6.45) is 3.89. The summed E-state index contributed by atoms with van der Waals surface area (Å²) in [6.45, 7) is 10.8. The maximum Gasteiger partial charge on any atom is 0.0618 e. The molecule has 1 heterocycles. The zero-order valence-electron chi connectivity index (χ0n) is 10.5. The van der Waals surface area contributed by atoms with Gasteiger partial charge in [0.15, 0.2) is 0 Å². The van der Waals surface area contributed by atoms with Gasteiger partial charge in [0.25, 0.3) is 0 Å². The Morgan fingerprint density at radius 1 is 1.21 bits per heavy atom. The van der Waals surface area contributed by atoms with Gasteiger partial charge in [0.05, 0.1) is 6.61 Å². The Balaban J connectivity index is 0.000000500. The molecule has 1 aliphatic heterocycles. The average molecular weight is 201 g/mol. The zero-order valence-corrected chi connectivity index (χ0v) is 10.5. The second-order valence-corrected chi connectivity index (χ2v) is 4.07. The molecule has 1 unspecified atom stereocenters. The van der Waals surface area contributed by atoms with Crippen molar-refractivity contribution in [3.63, 3.8) is 0 Å². The first-order valence-corrected chi connectivity index (χ1v) is 5.95. The molecule has 0 aliphatic carbocycles. The van der Waals surface area contributed by atoms with Gasteiger partial charge in [-0.15, -0.1) is 0 Å². The fraction of sp³-hybridized carbons (Fsp3) is 1.00. The normalized spacial score (nSPS) is 27.2. The van der Waals surface area contributed by atoms with E-state index in [9.17, 15) is 0 Å². The quantitative estimate of drug-likeness (QED) is 0.696. The maximum atomic E-state index is 5.16. The molecule has 0 amide bonds. The van der Waals surface area contributed by atoms with Crippen LogP contribution in [0.1, 0.15) is 47.0 Å². The number of rotatable bonds is 3. The molecule has 2 nitrogen and oxygen atoms in total. The molecular formula is C12H27NO. The maximum absolute atomic E-state index is 5.16. The minimum atomic E-state index is 0.681. The SMILES string of the molecule is CCC.CCN1C(COC)CC[C@H]1C. The van der Waals surface area contributed by atoms with Gasteiger partial charge in [-0.05, 0) is 26.3 Å². The highest BCUT2D eigenvalue weighted by Crippen LogP contribution is 2.22. The highest BCUT2D eigenvalue weighted by atomic mass is 16.5. The topological polar surface area (TPSA) is 12.5 Å². The van der Waals surface area contributed by atoms with Crippen LogP contribution in [0.5, 0.6) is 0 Å². The lowest BCUT2D eigenvalue weighted by Crippen LogP contribution is -2.36. The number of hydrogen-bond acceptors (Lipinski definition) is 2. The summed E-state index contributed by atoms with van der Waals surface area (Å²) in [4.78, 5) is 2.53. The van der Waals surface area contributed by atoms with E-state index in [4.69, 9.17) is 4.74 Å². The van der Waals surface area contributed by atoms with E-state index in [0.717, 1.165) is 19.2 Å². The highest BCUT2D eigenvalue weighted by molar-refractivity contribution is 4.83.